The Morgan fingerprint density at radius 3 is 2.74 bits per heavy atom. The lowest BCUT2D eigenvalue weighted by Gasteiger charge is -2.11. The van der Waals surface area contributed by atoms with Crippen LogP contribution in [0.3, 0.4) is 0 Å². The summed E-state index contributed by atoms with van der Waals surface area (Å²) in [5.74, 6) is -3.30. The number of esters is 1. The number of hydrogen-bond acceptors (Lipinski definition) is 3. The normalized spacial score (nSPS) is 11.6. The number of fused-ring (bicyclic) bond motifs is 1. The molecule has 0 radical (unpaired) electrons. The highest BCUT2D eigenvalue weighted by Gasteiger charge is 2.22. The molecule has 3 nitrogen and oxygen atoms in total. The van der Waals surface area contributed by atoms with Crippen LogP contribution in [0, 0.1) is 0 Å². The number of benzene rings is 1. The number of ether oxygens (including phenoxy) is 1. The van der Waals surface area contributed by atoms with Crippen molar-refractivity contribution in [2.24, 2.45) is 0 Å². The quantitative estimate of drug-likeness (QED) is 0.800. The summed E-state index contributed by atoms with van der Waals surface area (Å²) in [4.78, 5) is 15.7. The zero-order valence-electron chi connectivity index (χ0n) is 10.6. The number of nitrogens with zero attached hydrogens (tertiary/aromatic N) is 1. The van der Waals surface area contributed by atoms with Gasteiger partial charge in [0.05, 0.1) is 18.2 Å². The Balaban J connectivity index is 2.53. The maximum atomic E-state index is 13.0. The van der Waals surface area contributed by atoms with E-state index in [2.05, 4.69) is 9.72 Å². The molecule has 1 aromatic heterocycles. The Labute approximate surface area is 109 Å². The maximum Gasteiger partial charge on any atom is 0.338 e. The van der Waals surface area contributed by atoms with Crippen molar-refractivity contribution >= 4 is 16.9 Å². The van der Waals surface area contributed by atoms with Gasteiger partial charge in [-0.3, -0.25) is 4.98 Å². The molecule has 19 heavy (non-hydrogen) atoms. The van der Waals surface area contributed by atoms with Crippen molar-refractivity contribution in [3.63, 3.8) is 0 Å². The molecule has 0 aliphatic carbocycles. The van der Waals surface area contributed by atoms with Gasteiger partial charge in [-0.05, 0) is 30.7 Å². The molecule has 0 bridgehead atoms. The number of halogens is 2. The molecule has 1 aromatic carbocycles. The molecule has 0 aliphatic heterocycles. The van der Waals surface area contributed by atoms with Gasteiger partial charge in [0.2, 0.25) is 5.92 Å². The topological polar surface area (TPSA) is 39.2 Å². The fourth-order valence-corrected chi connectivity index (χ4v) is 1.95. The van der Waals surface area contributed by atoms with E-state index in [1.54, 1.807) is 18.2 Å². The van der Waals surface area contributed by atoms with Gasteiger partial charge in [-0.2, -0.15) is 0 Å². The average Bonchev–Trinajstić information content (AvgIpc) is 2.35. The van der Waals surface area contributed by atoms with Gasteiger partial charge in [0.25, 0.3) is 0 Å². The number of methoxy groups -OCH3 is 1. The molecular formula is C14H13F2NO2. The van der Waals surface area contributed by atoms with E-state index in [0.717, 1.165) is 6.92 Å². The van der Waals surface area contributed by atoms with Crippen LogP contribution in [0.2, 0.25) is 0 Å². The van der Waals surface area contributed by atoms with Crippen molar-refractivity contribution in [2.45, 2.75) is 19.3 Å². The number of carbonyl (C=O) groups is 1. The SMILES string of the molecule is COC(=O)c1ccnc2ccc(CC(C)(F)F)cc12. The molecule has 100 valence electrons. The molecule has 0 amide bonds. The van der Waals surface area contributed by atoms with Crippen LogP contribution in [0.1, 0.15) is 22.8 Å². The lowest BCUT2D eigenvalue weighted by atomic mass is 10.0. The Morgan fingerprint density at radius 1 is 1.37 bits per heavy atom. The maximum absolute atomic E-state index is 13.0. The summed E-state index contributed by atoms with van der Waals surface area (Å²) in [5, 5.41) is 0.524. The summed E-state index contributed by atoms with van der Waals surface area (Å²) in [6, 6.07) is 6.30. The minimum atomic E-state index is -2.79. The summed E-state index contributed by atoms with van der Waals surface area (Å²) in [7, 11) is 1.28. The minimum absolute atomic E-state index is 0.328. The first kappa shape index (κ1) is 13.4. The molecule has 0 fully saturated rings. The molecule has 0 spiro atoms. The Bertz CT molecular complexity index is 620. The monoisotopic (exact) mass is 265 g/mol. The van der Waals surface area contributed by atoms with Crippen LogP contribution in [-0.2, 0) is 11.2 Å². The summed E-state index contributed by atoms with van der Waals surface area (Å²) >= 11 is 0. The highest BCUT2D eigenvalue weighted by Crippen LogP contribution is 2.24. The second-order valence-corrected chi connectivity index (χ2v) is 4.45. The van der Waals surface area contributed by atoms with Crippen LogP contribution in [0.15, 0.2) is 30.5 Å². The van der Waals surface area contributed by atoms with Gasteiger partial charge in [-0.15, -0.1) is 0 Å². The van der Waals surface area contributed by atoms with Crippen molar-refractivity contribution in [3.05, 3.63) is 41.6 Å². The molecule has 0 saturated carbocycles. The third-order valence-electron chi connectivity index (χ3n) is 2.73. The van der Waals surface area contributed by atoms with Crippen molar-refractivity contribution < 1.29 is 18.3 Å². The van der Waals surface area contributed by atoms with E-state index < -0.39 is 11.9 Å². The van der Waals surface area contributed by atoms with Crippen molar-refractivity contribution in [2.75, 3.05) is 7.11 Å². The first-order chi connectivity index (χ1) is 8.90. The summed E-state index contributed by atoms with van der Waals surface area (Å²) in [5.41, 5.74) is 1.36. The van der Waals surface area contributed by atoms with Crippen LogP contribution in [0.25, 0.3) is 10.9 Å². The fourth-order valence-electron chi connectivity index (χ4n) is 1.95. The second-order valence-electron chi connectivity index (χ2n) is 4.45. The molecule has 2 rings (SSSR count). The van der Waals surface area contributed by atoms with Crippen molar-refractivity contribution in [1.82, 2.24) is 4.98 Å². The van der Waals surface area contributed by atoms with Crippen LogP contribution in [0.5, 0.6) is 0 Å². The molecule has 5 heteroatoms. The molecule has 0 N–H and O–H groups in total. The van der Waals surface area contributed by atoms with E-state index in [1.165, 1.54) is 19.4 Å². The van der Waals surface area contributed by atoms with Crippen LogP contribution in [-0.4, -0.2) is 24.0 Å². The molecule has 2 aromatic rings. The van der Waals surface area contributed by atoms with Gasteiger partial charge in [0.1, 0.15) is 0 Å². The van der Waals surface area contributed by atoms with E-state index in [-0.39, 0.29) is 6.42 Å². The first-order valence-electron chi connectivity index (χ1n) is 5.74. The molecule has 0 atom stereocenters. The van der Waals surface area contributed by atoms with Crippen molar-refractivity contribution in [1.29, 1.82) is 0 Å². The Hall–Kier alpha value is -2.04. The summed E-state index contributed by atoms with van der Waals surface area (Å²) < 4.78 is 30.7. The lowest BCUT2D eigenvalue weighted by molar-refractivity contribution is 0.0226. The molecular weight excluding hydrogens is 252 g/mol. The van der Waals surface area contributed by atoms with E-state index in [4.69, 9.17) is 0 Å². The standard InChI is InChI=1S/C14H13F2NO2/c1-14(15,16)8-9-3-4-12-11(7-9)10(5-6-17-12)13(18)19-2/h3-7H,8H2,1-2H3. The Kier molecular flexibility index (Phi) is 3.46. The van der Waals surface area contributed by atoms with Gasteiger partial charge in [-0.25, -0.2) is 13.6 Å². The largest absolute Gasteiger partial charge is 0.465 e. The molecule has 0 unspecified atom stereocenters. The van der Waals surface area contributed by atoms with Gasteiger partial charge in [-0.1, -0.05) is 6.07 Å². The van der Waals surface area contributed by atoms with Crippen LogP contribution in [0.4, 0.5) is 8.78 Å². The summed E-state index contributed by atoms with van der Waals surface area (Å²) in [6.07, 6.45) is 1.11. The number of rotatable bonds is 3. The number of alkyl halides is 2. The van der Waals surface area contributed by atoms with Crippen LogP contribution < -0.4 is 0 Å². The number of hydrogen-bond donors (Lipinski definition) is 0. The number of pyridine rings is 1. The van der Waals surface area contributed by atoms with Gasteiger partial charge in [0.15, 0.2) is 0 Å². The summed E-state index contributed by atoms with van der Waals surface area (Å²) in [6.45, 7) is 0.863. The first-order valence-corrected chi connectivity index (χ1v) is 5.74. The average molecular weight is 265 g/mol. The van der Waals surface area contributed by atoms with Crippen molar-refractivity contribution in [3.8, 4) is 0 Å². The third kappa shape index (κ3) is 3.05. The van der Waals surface area contributed by atoms with E-state index in [9.17, 15) is 13.6 Å². The smallest absolute Gasteiger partial charge is 0.338 e. The highest BCUT2D eigenvalue weighted by molar-refractivity contribution is 6.03. The van der Waals surface area contributed by atoms with Gasteiger partial charge >= 0.3 is 5.97 Å². The van der Waals surface area contributed by atoms with Crippen LogP contribution >= 0.6 is 0 Å². The second kappa shape index (κ2) is 4.91. The number of aromatic nitrogens is 1. The van der Waals surface area contributed by atoms with Gasteiger partial charge in [0, 0.05) is 18.0 Å². The zero-order chi connectivity index (χ0) is 14.0. The number of carbonyl (C=O) groups excluding carboxylic acids is 1. The Morgan fingerprint density at radius 2 is 2.11 bits per heavy atom. The molecule has 0 aliphatic rings. The minimum Gasteiger partial charge on any atom is -0.465 e. The van der Waals surface area contributed by atoms with Gasteiger partial charge < -0.3 is 4.74 Å². The predicted octanol–water partition coefficient (Wildman–Crippen LogP) is 3.22. The third-order valence-corrected chi connectivity index (χ3v) is 2.73. The molecule has 1 heterocycles. The predicted molar refractivity (Wildman–Crippen MR) is 67.4 cm³/mol. The lowest BCUT2D eigenvalue weighted by Crippen LogP contribution is -2.13. The van der Waals surface area contributed by atoms with E-state index in [1.807, 2.05) is 0 Å². The molecule has 0 saturated heterocycles. The van der Waals surface area contributed by atoms with E-state index >= 15 is 0 Å². The fraction of sp³-hybridized carbons (Fsp3) is 0.286. The van der Waals surface area contributed by atoms with E-state index in [0.29, 0.717) is 22.0 Å². The highest BCUT2D eigenvalue weighted by atomic mass is 19.3. The zero-order valence-corrected chi connectivity index (χ0v) is 10.6.